The first kappa shape index (κ1) is 13.4. The van der Waals surface area contributed by atoms with Gasteiger partial charge in [0, 0.05) is 3.57 Å². The largest absolute Gasteiger partial charge is 0.467 e. The average Bonchev–Trinajstić information content (AvgIpc) is 2.31. The zero-order valence-electron chi connectivity index (χ0n) is 8.85. The summed E-state index contributed by atoms with van der Waals surface area (Å²) < 4.78 is 10.9. The molecule has 0 aliphatic rings. The van der Waals surface area contributed by atoms with Crippen molar-refractivity contribution in [2.75, 3.05) is 13.7 Å². The van der Waals surface area contributed by atoms with E-state index in [0.29, 0.717) is 0 Å². The van der Waals surface area contributed by atoms with Crippen molar-refractivity contribution in [3.8, 4) is 0 Å². The van der Waals surface area contributed by atoms with Gasteiger partial charge in [-0.3, -0.25) is 0 Å². The standard InChI is InChI=1S/C11H13IO4/c1-15-11(14)10(6-13)16-7-8-2-4-9(12)5-3-8/h2-5,10,13H,6-7H2,1H3/t10-/m0/s1. The van der Waals surface area contributed by atoms with Gasteiger partial charge in [0.05, 0.1) is 20.3 Å². The van der Waals surface area contributed by atoms with Crippen molar-refractivity contribution in [1.82, 2.24) is 0 Å². The van der Waals surface area contributed by atoms with Gasteiger partial charge in [-0.05, 0) is 40.3 Å². The number of aliphatic hydroxyl groups excluding tert-OH is 1. The summed E-state index contributed by atoms with van der Waals surface area (Å²) in [6.07, 6.45) is -0.913. The molecule has 4 nitrogen and oxygen atoms in total. The van der Waals surface area contributed by atoms with Crippen LogP contribution in [0.4, 0.5) is 0 Å². The van der Waals surface area contributed by atoms with E-state index in [2.05, 4.69) is 27.3 Å². The first-order valence-corrected chi connectivity index (χ1v) is 5.80. The monoisotopic (exact) mass is 336 g/mol. The van der Waals surface area contributed by atoms with E-state index < -0.39 is 12.1 Å². The Labute approximate surface area is 108 Å². The average molecular weight is 336 g/mol. The van der Waals surface area contributed by atoms with Gasteiger partial charge in [0.25, 0.3) is 0 Å². The minimum absolute atomic E-state index is 0.275. The lowest BCUT2D eigenvalue weighted by Gasteiger charge is -2.12. The summed E-state index contributed by atoms with van der Waals surface area (Å²) in [5, 5.41) is 8.92. The van der Waals surface area contributed by atoms with E-state index in [4.69, 9.17) is 9.84 Å². The maximum atomic E-state index is 11.1. The Kier molecular flexibility index (Phi) is 5.72. The number of rotatable bonds is 5. The SMILES string of the molecule is COC(=O)[C@H](CO)OCc1ccc(I)cc1. The van der Waals surface area contributed by atoms with E-state index in [-0.39, 0.29) is 13.2 Å². The fourth-order valence-corrected chi connectivity index (χ4v) is 1.46. The number of hydrogen-bond donors (Lipinski definition) is 1. The number of carbonyl (C=O) groups is 1. The summed E-state index contributed by atoms with van der Waals surface area (Å²) in [6.45, 7) is -0.103. The number of benzene rings is 1. The van der Waals surface area contributed by atoms with Gasteiger partial charge in [-0.25, -0.2) is 4.79 Å². The molecule has 16 heavy (non-hydrogen) atoms. The fourth-order valence-electron chi connectivity index (χ4n) is 1.10. The topological polar surface area (TPSA) is 55.8 Å². The molecule has 1 aromatic rings. The molecule has 0 spiro atoms. The van der Waals surface area contributed by atoms with Crippen LogP contribution in [0.15, 0.2) is 24.3 Å². The van der Waals surface area contributed by atoms with Gasteiger partial charge in [-0.2, -0.15) is 0 Å². The van der Waals surface area contributed by atoms with Crippen molar-refractivity contribution in [2.24, 2.45) is 0 Å². The molecule has 0 saturated heterocycles. The molecule has 0 amide bonds. The van der Waals surface area contributed by atoms with Crippen molar-refractivity contribution >= 4 is 28.6 Å². The molecule has 0 aromatic heterocycles. The van der Waals surface area contributed by atoms with Crippen LogP contribution in [-0.2, 0) is 20.9 Å². The van der Waals surface area contributed by atoms with Crippen LogP contribution in [0.5, 0.6) is 0 Å². The molecule has 0 bridgehead atoms. The molecule has 0 heterocycles. The third-order valence-corrected chi connectivity index (χ3v) is 2.71. The Morgan fingerprint density at radius 1 is 1.44 bits per heavy atom. The van der Waals surface area contributed by atoms with Crippen molar-refractivity contribution in [3.05, 3.63) is 33.4 Å². The van der Waals surface area contributed by atoms with Crippen LogP contribution < -0.4 is 0 Å². The van der Waals surface area contributed by atoms with E-state index >= 15 is 0 Å². The maximum Gasteiger partial charge on any atom is 0.337 e. The Balaban J connectivity index is 2.49. The molecule has 0 fully saturated rings. The van der Waals surface area contributed by atoms with Crippen molar-refractivity contribution in [3.63, 3.8) is 0 Å². The molecular weight excluding hydrogens is 323 g/mol. The molecule has 1 atom stereocenters. The summed E-state index contributed by atoms with van der Waals surface area (Å²) >= 11 is 2.21. The zero-order chi connectivity index (χ0) is 12.0. The van der Waals surface area contributed by atoms with Crippen LogP contribution >= 0.6 is 22.6 Å². The van der Waals surface area contributed by atoms with Gasteiger partial charge in [-0.1, -0.05) is 12.1 Å². The molecule has 5 heteroatoms. The highest BCUT2D eigenvalue weighted by Crippen LogP contribution is 2.09. The van der Waals surface area contributed by atoms with Gasteiger partial charge in [0.1, 0.15) is 0 Å². The molecule has 1 aromatic carbocycles. The number of esters is 1. The highest BCUT2D eigenvalue weighted by molar-refractivity contribution is 14.1. The molecule has 1 N–H and O–H groups in total. The fraction of sp³-hybridized carbons (Fsp3) is 0.364. The first-order chi connectivity index (χ1) is 7.67. The molecule has 0 aliphatic carbocycles. The molecular formula is C11H13IO4. The Hall–Kier alpha value is -0.660. The van der Waals surface area contributed by atoms with Crippen LogP contribution in [0.1, 0.15) is 5.56 Å². The van der Waals surface area contributed by atoms with E-state index in [1.54, 1.807) is 0 Å². The molecule has 0 radical (unpaired) electrons. The lowest BCUT2D eigenvalue weighted by molar-refractivity contribution is -0.157. The third kappa shape index (κ3) is 4.07. The molecule has 0 unspecified atom stereocenters. The molecule has 0 aliphatic heterocycles. The lowest BCUT2D eigenvalue weighted by Crippen LogP contribution is -2.29. The minimum atomic E-state index is -0.913. The third-order valence-electron chi connectivity index (χ3n) is 1.99. The molecule has 0 saturated carbocycles. The van der Waals surface area contributed by atoms with Gasteiger partial charge in [-0.15, -0.1) is 0 Å². The zero-order valence-corrected chi connectivity index (χ0v) is 11.0. The van der Waals surface area contributed by atoms with Crippen molar-refractivity contribution in [2.45, 2.75) is 12.7 Å². The number of aliphatic hydroxyl groups is 1. The second-order valence-electron chi connectivity index (χ2n) is 3.13. The number of halogens is 1. The quantitative estimate of drug-likeness (QED) is 0.651. The Bertz CT molecular complexity index is 336. The van der Waals surface area contributed by atoms with Crippen molar-refractivity contribution in [1.29, 1.82) is 0 Å². The Morgan fingerprint density at radius 3 is 2.56 bits per heavy atom. The van der Waals surface area contributed by atoms with E-state index in [1.165, 1.54) is 7.11 Å². The van der Waals surface area contributed by atoms with Crippen LogP contribution in [0, 0.1) is 3.57 Å². The summed E-state index contributed by atoms with van der Waals surface area (Å²) in [5.41, 5.74) is 0.947. The van der Waals surface area contributed by atoms with Gasteiger partial charge in [0.15, 0.2) is 6.10 Å². The van der Waals surface area contributed by atoms with E-state index in [1.807, 2.05) is 24.3 Å². The van der Waals surface area contributed by atoms with Crippen LogP contribution in [0.2, 0.25) is 0 Å². The van der Waals surface area contributed by atoms with E-state index in [0.717, 1.165) is 9.13 Å². The highest BCUT2D eigenvalue weighted by Gasteiger charge is 2.18. The number of carbonyl (C=O) groups excluding carboxylic acids is 1. The first-order valence-electron chi connectivity index (χ1n) is 4.72. The maximum absolute atomic E-state index is 11.1. The van der Waals surface area contributed by atoms with E-state index in [9.17, 15) is 4.79 Å². The van der Waals surface area contributed by atoms with Gasteiger partial charge < -0.3 is 14.6 Å². The predicted octanol–water partition coefficient (Wildman–Crippen LogP) is 1.34. The summed E-state index contributed by atoms with van der Waals surface area (Å²) in [7, 11) is 1.26. The Morgan fingerprint density at radius 2 is 2.06 bits per heavy atom. The summed E-state index contributed by atoms with van der Waals surface area (Å²) in [6, 6.07) is 7.72. The number of hydrogen-bond acceptors (Lipinski definition) is 4. The highest BCUT2D eigenvalue weighted by atomic mass is 127. The number of ether oxygens (including phenoxy) is 2. The molecule has 88 valence electrons. The number of methoxy groups -OCH3 is 1. The minimum Gasteiger partial charge on any atom is -0.467 e. The van der Waals surface area contributed by atoms with Crippen LogP contribution in [0.25, 0.3) is 0 Å². The smallest absolute Gasteiger partial charge is 0.337 e. The second kappa shape index (κ2) is 6.82. The summed E-state index contributed by atoms with van der Waals surface area (Å²) in [4.78, 5) is 11.1. The van der Waals surface area contributed by atoms with Gasteiger partial charge in [0.2, 0.25) is 0 Å². The van der Waals surface area contributed by atoms with Gasteiger partial charge >= 0.3 is 5.97 Å². The van der Waals surface area contributed by atoms with Crippen molar-refractivity contribution < 1.29 is 19.4 Å². The normalized spacial score (nSPS) is 12.2. The predicted molar refractivity (Wildman–Crippen MR) is 66.8 cm³/mol. The second-order valence-corrected chi connectivity index (χ2v) is 4.38. The lowest BCUT2D eigenvalue weighted by atomic mass is 10.2. The summed E-state index contributed by atoms with van der Waals surface area (Å²) in [5.74, 6) is -0.562. The van der Waals surface area contributed by atoms with Crippen LogP contribution in [-0.4, -0.2) is 30.9 Å². The van der Waals surface area contributed by atoms with Crippen LogP contribution in [0.3, 0.4) is 0 Å². The molecule has 1 rings (SSSR count).